The summed E-state index contributed by atoms with van der Waals surface area (Å²) in [5.74, 6) is 0.527. The normalized spacial score (nSPS) is 23.4. The van der Waals surface area contributed by atoms with Gasteiger partial charge >= 0.3 is 0 Å². The number of hydrogen-bond donors (Lipinski definition) is 0. The van der Waals surface area contributed by atoms with Crippen LogP contribution in [-0.4, -0.2) is 42.2 Å². The number of likely N-dealkylation sites (N-methyl/N-ethyl adjacent to an activating group) is 1. The van der Waals surface area contributed by atoms with E-state index in [2.05, 4.69) is 29.2 Å². The van der Waals surface area contributed by atoms with Gasteiger partial charge in [-0.3, -0.25) is 0 Å². The third-order valence-corrected chi connectivity index (χ3v) is 5.02. The van der Waals surface area contributed by atoms with Crippen molar-refractivity contribution in [1.82, 2.24) is 9.88 Å². The van der Waals surface area contributed by atoms with E-state index in [4.69, 9.17) is 16.3 Å². The summed E-state index contributed by atoms with van der Waals surface area (Å²) >= 11 is 7.48. The zero-order valence-corrected chi connectivity index (χ0v) is 13.3. The van der Waals surface area contributed by atoms with Crippen LogP contribution in [0.5, 0.6) is 0 Å². The second kappa shape index (κ2) is 7.58. The van der Waals surface area contributed by atoms with E-state index in [1.807, 2.05) is 0 Å². The molecule has 2 rings (SSSR count). The first-order valence-corrected chi connectivity index (χ1v) is 8.43. The number of thiazole rings is 1. The Bertz CT molecular complexity index is 385. The SMILES string of the molecule is CC1OCCC1N(C)CCCCc1nc(CCl)cs1. The summed E-state index contributed by atoms with van der Waals surface area (Å²) in [4.78, 5) is 6.94. The van der Waals surface area contributed by atoms with Crippen molar-refractivity contribution in [2.45, 2.75) is 50.6 Å². The van der Waals surface area contributed by atoms with Gasteiger partial charge in [-0.15, -0.1) is 22.9 Å². The zero-order chi connectivity index (χ0) is 13.7. The number of unbranched alkanes of at least 4 members (excludes halogenated alkanes) is 1. The Hall–Kier alpha value is -0.160. The fourth-order valence-corrected chi connectivity index (χ4v) is 3.70. The molecular formula is C14H23ClN2OS. The Kier molecular flexibility index (Phi) is 6.07. The van der Waals surface area contributed by atoms with E-state index in [1.54, 1.807) is 11.3 Å². The van der Waals surface area contributed by atoms with E-state index >= 15 is 0 Å². The lowest BCUT2D eigenvalue weighted by atomic mass is 10.1. The van der Waals surface area contributed by atoms with Crippen LogP contribution in [0.15, 0.2) is 5.38 Å². The monoisotopic (exact) mass is 302 g/mol. The van der Waals surface area contributed by atoms with E-state index in [0.717, 1.165) is 25.3 Å². The van der Waals surface area contributed by atoms with Crippen LogP contribution >= 0.6 is 22.9 Å². The number of rotatable bonds is 7. The Morgan fingerprint density at radius 1 is 1.53 bits per heavy atom. The molecule has 2 unspecified atom stereocenters. The maximum atomic E-state index is 5.76. The Morgan fingerprint density at radius 2 is 2.37 bits per heavy atom. The van der Waals surface area contributed by atoms with Crippen molar-refractivity contribution < 1.29 is 4.74 Å². The summed E-state index contributed by atoms with van der Waals surface area (Å²) in [5.41, 5.74) is 1.01. The maximum absolute atomic E-state index is 5.76. The molecule has 1 aliphatic heterocycles. The van der Waals surface area contributed by atoms with Crippen molar-refractivity contribution in [3.63, 3.8) is 0 Å². The van der Waals surface area contributed by atoms with E-state index in [0.29, 0.717) is 18.0 Å². The van der Waals surface area contributed by atoms with Gasteiger partial charge in [0.2, 0.25) is 0 Å². The van der Waals surface area contributed by atoms with Gasteiger partial charge in [-0.2, -0.15) is 0 Å². The van der Waals surface area contributed by atoms with Crippen molar-refractivity contribution in [2.24, 2.45) is 0 Å². The fourth-order valence-electron chi connectivity index (χ4n) is 2.63. The average Bonchev–Trinajstić information content (AvgIpc) is 3.03. The first kappa shape index (κ1) is 15.2. The van der Waals surface area contributed by atoms with Crippen LogP contribution in [0.4, 0.5) is 0 Å². The van der Waals surface area contributed by atoms with Gasteiger partial charge in [-0.25, -0.2) is 4.98 Å². The largest absolute Gasteiger partial charge is 0.377 e. The van der Waals surface area contributed by atoms with Crippen molar-refractivity contribution in [3.8, 4) is 0 Å². The molecule has 1 aromatic rings. The highest BCUT2D eigenvalue weighted by Gasteiger charge is 2.27. The standard InChI is InChI=1S/C14H23ClN2OS/c1-11-13(6-8-18-11)17(2)7-4-3-5-14-16-12(9-15)10-19-14/h10-11,13H,3-9H2,1-2H3. The zero-order valence-electron chi connectivity index (χ0n) is 11.8. The summed E-state index contributed by atoms with van der Waals surface area (Å²) in [5, 5.41) is 3.28. The quantitative estimate of drug-likeness (QED) is 0.571. The predicted octanol–water partition coefficient (Wildman–Crippen LogP) is 3.31. The molecule has 1 aromatic heterocycles. The number of halogens is 1. The average molecular weight is 303 g/mol. The van der Waals surface area contributed by atoms with Crippen LogP contribution in [0.25, 0.3) is 0 Å². The van der Waals surface area contributed by atoms with Gasteiger partial charge in [-0.1, -0.05) is 0 Å². The molecule has 0 amide bonds. The number of nitrogens with zero attached hydrogens (tertiary/aromatic N) is 2. The molecule has 0 radical (unpaired) electrons. The molecule has 1 aliphatic rings. The van der Waals surface area contributed by atoms with Crippen molar-refractivity contribution in [1.29, 1.82) is 0 Å². The minimum Gasteiger partial charge on any atom is -0.377 e. The molecule has 5 heteroatoms. The highest BCUT2D eigenvalue weighted by molar-refractivity contribution is 7.09. The second-order valence-corrected chi connectivity index (χ2v) is 6.45. The van der Waals surface area contributed by atoms with Gasteiger partial charge in [0.15, 0.2) is 0 Å². The molecule has 3 nitrogen and oxygen atoms in total. The summed E-state index contributed by atoms with van der Waals surface area (Å²) in [6.45, 7) is 4.24. The third-order valence-electron chi connectivity index (χ3n) is 3.79. The number of hydrogen-bond acceptors (Lipinski definition) is 4. The fraction of sp³-hybridized carbons (Fsp3) is 0.786. The minimum absolute atomic E-state index is 0.384. The molecule has 0 bridgehead atoms. The van der Waals surface area contributed by atoms with Crippen molar-refractivity contribution >= 4 is 22.9 Å². The molecule has 0 aliphatic carbocycles. The summed E-state index contributed by atoms with van der Waals surface area (Å²) in [6.07, 6.45) is 5.04. The molecule has 108 valence electrons. The van der Waals surface area contributed by atoms with Gasteiger partial charge in [0.25, 0.3) is 0 Å². The lowest BCUT2D eigenvalue weighted by Crippen LogP contribution is -2.37. The summed E-state index contributed by atoms with van der Waals surface area (Å²) < 4.78 is 5.61. The molecule has 1 fully saturated rings. The Labute approximate surface area is 124 Å². The molecule has 0 N–H and O–H groups in total. The molecule has 1 saturated heterocycles. The molecule has 2 atom stereocenters. The van der Waals surface area contributed by atoms with Crippen LogP contribution in [-0.2, 0) is 17.0 Å². The smallest absolute Gasteiger partial charge is 0.0928 e. The number of alkyl halides is 1. The van der Waals surface area contributed by atoms with Crippen LogP contribution in [0.2, 0.25) is 0 Å². The van der Waals surface area contributed by atoms with E-state index < -0.39 is 0 Å². The highest BCUT2D eigenvalue weighted by atomic mass is 35.5. The topological polar surface area (TPSA) is 25.4 Å². The van der Waals surface area contributed by atoms with Crippen molar-refractivity contribution in [2.75, 3.05) is 20.2 Å². The van der Waals surface area contributed by atoms with Crippen LogP contribution in [0, 0.1) is 0 Å². The summed E-state index contributed by atoms with van der Waals surface area (Å²) in [6, 6.07) is 0.600. The van der Waals surface area contributed by atoms with Gasteiger partial charge < -0.3 is 9.64 Å². The van der Waals surface area contributed by atoms with Gasteiger partial charge in [0.1, 0.15) is 0 Å². The Morgan fingerprint density at radius 3 is 3.00 bits per heavy atom. The first-order valence-electron chi connectivity index (χ1n) is 7.02. The highest BCUT2D eigenvalue weighted by Crippen LogP contribution is 2.19. The number of aromatic nitrogens is 1. The van der Waals surface area contributed by atoms with Gasteiger partial charge in [-0.05, 0) is 46.2 Å². The second-order valence-electron chi connectivity index (χ2n) is 5.24. The van der Waals surface area contributed by atoms with Gasteiger partial charge in [0, 0.05) is 18.0 Å². The molecule has 2 heterocycles. The van der Waals surface area contributed by atoms with Gasteiger partial charge in [0.05, 0.1) is 22.7 Å². The van der Waals surface area contributed by atoms with Crippen LogP contribution < -0.4 is 0 Å². The number of ether oxygens (including phenoxy) is 1. The van der Waals surface area contributed by atoms with Crippen molar-refractivity contribution in [3.05, 3.63) is 16.1 Å². The van der Waals surface area contributed by atoms with Crippen LogP contribution in [0.3, 0.4) is 0 Å². The lowest BCUT2D eigenvalue weighted by Gasteiger charge is -2.26. The first-order chi connectivity index (χ1) is 9.20. The molecule has 0 aromatic carbocycles. The van der Waals surface area contributed by atoms with E-state index in [-0.39, 0.29) is 0 Å². The lowest BCUT2D eigenvalue weighted by molar-refractivity contribution is 0.0832. The Balaban J connectivity index is 1.63. The molecular weight excluding hydrogens is 280 g/mol. The summed E-state index contributed by atoms with van der Waals surface area (Å²) in [7, 11) is 2.21. The van der Waals surface area contributed by atoms with E-state index in [1.165, 1.54) is 24.3 Å². The molecule has 19 heavy (non-hydrogen) atoms. The maximum Gasteiger partial charge on any atom is 0.0928 e. The molecule has 0 spiro atoms. The number of aryl methyl sites for hydroxylation is 1. The molecule has 0 saturated carbocycles. The minimum atomic E-state index is 0.384. The predicted molar refractivity (Wildman–Crippen MR) is 81.1 cm³/mol. The van der Waals surface area contributed by atoms with E-state index in [9.17, 15) is 0 Å². The third kappa shape index (κ3) is 4.42. The van der Waals surface area contributed by atoms with Crippen LogP contribution in [0.1, 0.15) is 36.9 Å².